The fourth-order valence-corrected chi connectivity index (χ4v) is 5.90. The lowest BCUT2D eigenvalue weighted by atomic mass is 10.3. The van der Waals surface area contributed by atoms with Crippen LogP contribution in [-0.4, -0.2) is 31.0 Å². The number of rotatable bonds is 5. The van der Waals surface area contributed by atoms with E-state index in [4.69, 9.17) is 11.6 Å². The molecule has 0 saturated heterocycles. The van der Waals surface area contributed by atoms with E-state index in [2.05, 4.69) is 9.13 Å². The van der Waals surface area contributed by atoms with Crippen LogP contribution in [0.2, 0.25) is 4.34 Å². The summed E-state index contributed by atoms with van der Waals surface area (Å²) in [5.41, 5.74) is 0.266. The smallest absolute Gasteiger partial charge is 0.325 e. The maximum atomic E-state index is 12.5. The van der Waals surface area contributed by atoms with E-state index in [9.17, 15) is 23.3 Å². The molecule has 0 atom stereocenters. The number of benzene rings is 1. The fourth-order valence-electron chi connectivity index (χ4n) is 2.18. The van der Waals surface area contributed by atoms with E-state index >= 15 is 0 Å². The molecule has 3 aromatic rings. The molecule has 0 saturated carbocycles. The molecule has 1 aromatic carbocycles. The van der Waals surface area contributed by atoms with Crippen molar-refractivity contribution >= 4 is 66.2 Å². The SMILES string of the molecule is COC(=O)Cn1c(=NS(=O)(=O)c2ccc(Cl)s2)sc2cc([N+](=O)[O-])ccc21. The Morgan fingerprint density at radius 1 is 1.33 bits per heavy atom. The lowest BCUT2D eigenvalue weighted by molar-refractivity contribution is -0.384. The third kappa shape index (κ3) is 4.03. The van der Waals surface area contributed by atoms with Crippen LogP contribution in [0.25, 0.3) is 10.2 Å². The monoisotopic (exact) mass is 447 g/mol. The Bertz CT molecular complexity index is 1220. The van der Waals surface area contributed by atoms with Crippen molar-refractivity contribution in [2.45, 2.75) is 10.8 Å². The van der Waals surface area contributed by atoms with Gasteiger partial charge in [-0.05, 0) is 18.2 Å². The molecule has 0 fully saturated rings. The highest BCUT2D eigenvalue weighted by Crippen LogP contribution is 2.27. The Labute approximate surface area is 165 Å². The predicted molar refractivity (Wildman–Crippen MR) is 101 cm³/mol. The van der Waals surface area contributed by atoms with Gasteiger partial charge in [0.1, 0.15) is 10.8 Å². The first-order valence-corrected chi connectivity index (χ1v) is 10.6. The van der Waals surface area contributed by atoms with Gasteiger partial charge in [0.25, 0.3) is 15.7 Å². The highest BCUT2D eigenvalue weighted by molar-refractivity contribution is 7.92. The number of thiazole rings is 1. The van der Waals surface area contributed by atoms with Gasteiger partial charge < -0.3 is 9.30 Å². The van der Waals surface area contributed by atoms with Crippen LogP contribution in [0.15, 0.2) is 38.9 Å². The first-order valence-electron chi connectivity index (χ1n) is 7.12. The number of hydrogen-bond donors (Lipinski definition) is 0. The van der Waals surface area contributed by atoms with Gasteiger partial charge in [0.2, 0.25) is 4.80 Å². The molecule has 0 unspecified atom stereocenters. The number of esters is 1. The number of carbonyl (C=O) groups excluding carboxylic acids is 1. The van der Waals surface area contributed by atoms with Gasteiger partial charge >= 0.3 is 5.97 Å². The summed E-state index contributed by atoms with van der Waals surface area (Å²) in [6.45, 7) is -0.298. The Morgan fingerprint density at radius 2 is 2.07 bits per heavy atom. The number of hydrogen-bond acceptors (Lipinski definition) is 8. The number of sulfonamides is 1. The van der Waals surface area contributed by atoms with Gasteiger partial charge in [-0.15, -0.1) is 15.7 Å². The molecular weight excluding hydrogens is 438 g/mol. The molecule has 0 aliphatic heterocycles. The maximum Gasteiger partial charge on any atom is 0.325 e. The molecule has 27 heavy (non-hydrogen) atoms. The summed E-state index contributed by atoms with van der Waals surface area (Å²) in [5.74, 6) is -0.619. The Morgan fingerprint density at radius 3 is 2.67 bits per heavy atom. The second-order valence-electron chi connectivity index (χ2n) is 5.08. The third-order valence-electron chi connectivity index (χ3n) is 3.39. The van der Waals surface area contributed by atoms with Crippen LogP contribution in [0.3, 0.4) is 0 Å². The second-order valence-corrected chi connectivity index (χ2v) is 9.64. The van der Waals surface area contributed by atoms with Crippen molar-refractivity contribution in [1.29, 1.82) is 0 Å². The number of non-ortho nitro benzene ring substituents is 1. The molecule has 3 rings (SSSR count). The molecule has 9 nitrogen and oxygen atoms in total. The fraction of sp³-hybridized carbons (Fsp3) is 0.143. The summed E-state index contributed by atoms with van der Waals surface area (Å²) < 4.78 is 35.5. The summed E-state index contributed by atoms with van der Waals surface area (Å²) in [5, 5.41) is 11.0. The van der Waals surface area contributed by atoms with Crippen LogP contribution in [0.1, 0.15) is 0 Å². The van der Waals surface area contributed by atoms with Gasteiger partial charge in [0.15, 0.2) is 0 Å². The second kappa shape index (κ2) is 7.38. The zero-order valence-corrected chi connectivity index (χ0v) is 16.7. The minimum Gasteiger partial charge on any atom is -0.468 e. The Hall–Kier alpha value is -2.28. The number of aromatic nitrogens is 1. The summed E-state index contributed by atoms with van der Waals surface area (Å²) in [6, 6.07) is 6.75. The molecule has 0 aliphatic carbocycles. The van der Waals surface area contributed by atoms with Crippen molar-refractivity contribution in [2.24, 2.45) is 4.40 Å². The first kappa shape index (κ1) is 19.5. The summed E-state index contributed by atoms with van der Waals surface area (Å²) in [7, 11) is -2.87. The Kier molecular flexibility index (Phi) is 5.33. The van der Waals surface area contributed by atoms with Gasteiger partial charge in [-0.1, -0.05) is 22.9 Å². The average molecular weight is 448 g/mol. The predicted octanol–water partition coefficient (Wildman–Crippen LogP) is 2.79. The Balaban J connectivity index is 2.25. The van der Waals surface area contributed by atoms with Gasteiger partial charge in [0, 0.05) is 12.1 Å². The van der Waals surface area contributed by atoms with Crippen molar-refractivity contribution in [3.05, 3.63) is 49.6 Å². The highest BCUT2D eigenvalue weighted by atomic mass is 35.5. The number of nitro benzene ring substituents is 1. The molecule has 0 N–H and O–H groups in total. The lowest BCUT2D eigenvalue weighted by Crippen LogP contribution is -2.22. The quantitative estimate of drug-likeness (QED) is 0.337. The molecule has 2 heterocycles. The molecule has 142 valence electrons. The number of nitro groups is 1. The van der Waals surface area contributed by atoms with E-state index in [1.54, 1.807) is 0 Å². The molecule has 0 aliphatic rings. The molecule has 2 aromatic heterocycles. The summed E-state index contributed by atoms with van der Waals surface area (Å²) in [4.78, 5) is 22.1. The largest absolute Gasteiger partial charge is 0.468 e. The van der Waals surface area contributed by atoms with Crippen molar-refractivity contribution in [3.63, 3.8) is 0 Å². The van der Waals surface area contributed by atoms with E-state index in [1.807, 2.05) is 0 Å². The summed E-state index contributed by atoms with van der Waals surface area (Å²) >= 11 is 7.55. The average Bonchev–Trinajstić information content (AvgIpc) is 3.18. The van der Waals surface area contributed by atoms with Crippen LogP contribution >= 0.6 is 34.3 Å². The number of ether oxygens (including phenoxy) is 1. The van der Waals surface area contributed by atoms with Crippen LogP contribution < -0.4 is 4.80 Å². The maximum absolute atomic E-state index is 12.5. The van der Waals surface area contributed by atoms with Gasteiger partial charge in [0.05, 0.1) is 26.6 Å². The number of nitrogens with zero attached hydrogens (tertiary/aromatic N) is 3. The molecule has 0 amide bonds. The normalized spacial score (nSPS) is 12.4. The van der Waals surface area contributed by atoms with Gasteiger partial charge in [-0.2, -0.15) is 8.42 Å². The van der Waals surface area contributed by atoms with Crippen molar-refractivity contribution in [3.8, 4) is 0 Å². The van der Waals surface area contributed by atoms with Gasteiger partial charge in [-0.25, -0.2) is 0 Å². The van der Waals surface area contributed by atoms with Gasteiger partial charge in [-0.3, -0.25) is 14.9 Å². The topological polar surface area (TPSA) is 121 Å². The standard InChI is InChI=1S/C14H10ClN3O6S3/c1-24-12(19)7-17-9-3-2-8(18(20)21)6-10(9)25-14(17)16-27(22,23)13-5-4-11(15)26-13/h2-6H,7H2,1H3. The first-order chi connectivity index (χ1) is 12.7. The minimum atomic E-state index is -4.07. The van der Waals surface area contributed by atoms with E-state index < -0.39 is 20.9 Å². The molecular formula is C14H10ClN3O6S3. The molecule has 0 spiro atoms. The number of thiophene rings is 1. The van der Waals surface area contributed by atoms with Crippen LogP contribution in [-0.2, 0) is 26.1 Å². The minimum absolute atomic E-state index is 0.0135. The van der Waals surface area contributed by atoms with E-state index in [0.29, 0.717) is 10.2 Å². The molecule has 0 radical (unpaired) electrons. The van der Waals surface area contributed by atoms with Crippen molar-refractivity contribution in [1.82, 2.24) is 4.57 Å². The van der Waals surface area contributed by atoms with Crippen molar-refractivity contribution in [2.75, 3.05) is 7.11 Å². The van der Waals surface area contributed by atoms with Crippen LogP contribution in [0.4, 0.5) is 5.69 Å². The third-order valence-corrected chi connectivity index (χ3v) is 7.52. The number of methoxy groups -OCH3 is 1. The lowest BCUT2D eigenvalue weighted by Gasteiger charge is -2.03. The zero-order chi connectivity index (χ0) is 19.8. The number of fused-ring (bicyclic) bond motifs is 1. The van der Waals surface area contributed by atoms with Crippen molar-refractivity contribution < 1.29 is 22.9 Å². The molecule has 13 heteroatoms. The van der Waals surface area contributed by atoms with E-state index in [1.165, 1.54) is 42.0 Å². The highest BCUT2D eigenvalue weighted by Gasteiger charge is 2.19. The van der Waals surface area contributed by atoms with Crippen LogP contribution in [0, 0.1) is 10.1 Å². The number of carbonyl (C=O) groups is 1. The summed E-state index contributed by atoms with van der Waals surface area (Å²) in [6.07, 6.45) is 0. The zero-order valence-electron chi connectivity index (χ0n) is 13.5. The molecule has 0 bridgehead atoms. The van der Waals surface area contributed by atoms with E-state index in [0.717, 1.165) is 22.7 Å². The van der Waals surface area contributed by atoms with E-state index in [-0.39, 0.29) is 25.6 Å². The van der Waals surface area contributed by atoms with Crippen LogP contribution in [0.5, 0.6) is 0 Å². The number of halogens is 1.